The Morgan fingerprint density at radius 1 is 1.35 bits per heavy atom. The number of nitrogens with zero attached hydrogens (tertiary/aromatic N) is 2. The minimum Gasteiger partial charge on any atom is -0.388 e. The highest BCUT2D eigenvalue weighted by atomic mass is 32.1. The average molecular weight is 331 g/mol. The van der Waals surface area contributed by atoms with Gasteiger partial charge in [-0.25, -0.2) is 4.98 Å². The van der Waals surface area contributed by atoms with Gasteiger partial charge in [-0.05, 0) is 24.3 Å². The van der Waals surface area contributed by atoms with Gasteiger partial charge in [0.05, 0.1) is 6.10 Å². The first-order chi connectivity index (χ1) is 11.2. The van der Waals surface area contributed by atoms with Crippen LogP contribution in [0.2, 0.25) is 0 Å². The molecule has 1 amide bonds. The number of hydrogen-bond acceptors (Lipinski definition) is 5. The Hall–Kier alpha value is -1.92. The maximum absolute atomic E-state index is 12.5. The van der Waals surface area contributed by atoms with Crippen LogP contribution in [0.25, 0.3) is 0 Å². The Morgan fingerprint density at radius 3 is 2.65 bits per heavy atom. The molecular weight excluding hydrogens is 310 g/mol. The minimum absolute atomic E-state index is 0.0181. The molecule has 1 atom stereocenters. The number of aromatic nitrogens is 1. The lowest BCUT2D eigenvalue weighted by Gasteiger charge is -2.34. The molecular formula is C17H21N3O2S. The van der Waals surface area contributed by atoms with E-state index in [1.807, 2.05) is 35.2 Å². The van der Waals surface area contributed by atoms with Gasteiger partial charge in [0.15, 0.2) is 5.13 Å². The largest absolute Gasteiger partial charge is 0.388 e. The van der Waals surface area contributed by atoms with Crippen molar-refractivity contribution in [2.24, 2.45) is 5.92 Å². The quantitative estimate of drug-likeness (QED) is 0.904. The molecule has 23 heavy (non-hydrogen) atoms. The second kappa shape index (κ2) is 7.10. The van der Waals surface area contributed by atoms with E-state index in [2.05, 4.69) is 10.3 Å². The zero-order chi connectivity index (χ0) is 16.2. The van der Waals surface area contributed by atoms with Gasteiger partial charge in [0.1, 0.15) is 5.69 Å². The normalized spacial score (nSPS) is 17.0. The van der Waals surface area contributed by atoms with Gasteiger partial charge in [-0.15, -0.1) is 11.3 Å². The molecule has 6 heteroatoms. The zero-order valence-electron chi connectivity index (χ0n) is 13.1. The Balaban J connectivity index is 1.59. The summed E-state index contributed by atoms with van der Waals surface area (Å²) in [5.74, 6) is 0.181. The van der Waals surface area contributed by atoms with Gasteiger partial charge in [0, 0.05) is 25.5 Å². The van der Waals surface area contributed by atoms with Crippen molar-refractivity contribution in [1.82, 2.24) is 9.88 Å². The van der Waals surface area contributed by atoms with Gasteiger partial charge in [-0.1, -0.05) is 30.3 Å². The van der Waals surface area contributed by atoms with Crippen LogP contribution >= 0.6 is 11.3 Å². The predicted octanol–water partition coefficient (Wildman–Crippen LogP) is 2.77. The first kappa shape index (κ1) is 16.0. The van der Waals surface area contributed by atoms with Crippen LogP contribution in [0.4, 0.5) is 5.13 Å². The van der Waals surface area contributed by atoms with Crippen molar-refractivity contribution in [3.05, 3.63) is 47.0 Å². The van der Waals surface area contributed by atoms with Crippen molar-refractivity contribution in [1.29, 1.82) is 0 Å². The Morgan fingerprint density at radius 2 is 2.04 bits per heavy atom. The van der Waals surface area contributed by atoms with E-state index >= 15 is 0 Å². The fourth-order valence-corrected chi connectivity index (χ4v) is 3.64. The number of hydrogen-bond donors (Lipinski definition) is 2. The van der Waals surface area contributed by atoms with E-state index in [-0.39, 0.29) is 11.8 Å². The minimum atomic E-state index is -0.455. The van der Waals surface area contributed by atoms with Gasteiger partial charge in [0.25, 0.3) is 5.91 Å². The number of benzene rings is 1. The fourth-order valence-electron chi connectivity index (χ4n) is 2.99. The van der Waals surface area contributed by atoms with E-state index < -0.39 is 6.10 Å². The van der Waals surface area contributed by atoms with Crippen molar-refractivity contribution >= 4 is 22.4 Å². The summed E-state index contributed by atoms with van der Waals surface area (Å²) < 4.78 is 0. The molecule has 1 aliphatic heterocycles. The zero-order valence-corrected chi connectivity index (χ0v) is 13.9. The van der Waals surface area contributed by atoms with Crippen LogP contribution in [-0.4, -0.2) is 41.0 Å². The number of likely N-dealkylation sites (tertiary alicyclic amines) is 1. The first-order valence-corrected chi connectivity index (χ1v) is 8.72. The Kier molecular flexibility index (Phi) is 4.93. The van der Waals surface area contributed by atoms with Crippen LogP contribution in [0.1, 0.15) is 35.0 Å². The van der Waals surface area contributed by atoms with Crippen LogP contribution in [0, 0.1) is 5.92 Å². The highest BCUT2D eigenvalue weighted by Crippen LogP contribution is 2.31. The lowest BCUT2D eigenvalue weighted by atomic mass is 9.87. The highest BCUT2D eigenvalue weighted by molar-refractivity contribution is 7.13. The summed E-state index contributed by atoms with van der Waals surface area (Å²) in [5.41, 5.74) is 1.46. The lowest BCUT2D eigenvalue weighted by Crippen LogP contribution is -2.39. The smallest absolute Gasteiger partial charge is 0.273 e. The molecule has 0 radical (unpaired) electrons. The Bertz CT molecular complexity index is 651. The third-order valence-electron chi connectivity index (χ3n) is 4.35. The molecule has 122 valence electrons. The van der Waals surface area contributed by atoms with Crippen LogP contribution in [-0.2, 0) is 0 Å². The van der Waals surface area contributed by atoms with Gasteiger partial charge in [-0.3, -0.25) is 4.79 Å². The number of anilines is 1. The number of carbonyl (C=O) groups is 1. The molecule has 1 aromatic heterocycles. The maximum Gasteiger partial charge on any atom is 0.273 e. The molecule has 5 nitrogen and oxygen atoms in total. The fraction of sp³-hybridized carbons (Fsp3) is 0.412. The van der Waals surface area contributed by atoms with Crippen molar-refractivity contribution in [2.75, 3.05) is 25.5 Å². The van der Waals surface area contributed by atoms with Crippen molar-refractivity contribution in [3.8, 4) is 0 Å². The number of piperidine rings is 1. The van der Waals surface area contributed by atoms with E-state index in [0.717, 1.165) is 23.5 Å². The third-order valence-corrected chi connectivity index (χ3v) is 5.21. The molecule has 1 aromatic carbocycles. The number of rotatable bonds is 4. The third kappa shape index (κ3) is 3.54. The molecule has 2 N–H and O–H groups in total. The van der Waals surface area contributed by atoms with Gasteiger partial charge >= 0.3 is 0 Å². The Labute approximate surface area is 140 Å². The number of nitrogens with one attached hydrogen (secondary N) is 1. The van der Waals surface area contributed by atoms with Gasteiger partial charge in [-0.2, -0.15) is 0 Å². The van der Waals surface area contributed by atoms with E-state index in [1.54, 1.807) is 12.4 Å². The molecule has 0 spiro atoms. The molecule has 3 rings (SSSR count). The van der Waals surface area contributed by atoms with Crippen LogP contribution < -0.4 is 5.32 Å². The summed E-state index contributed by atoms with van der Waals surface area (Å²) in [5, 5.41) is 16.0. The maximum atomic E-state index is 12.5. The molecule has 2 aromatic rings. The number of carbonyl (C=O) groups excluding carboxylic acids is 1. The monoisotopic (exact) mass is 331 g/mol. The van der Waals surface area contributed by atoms with E-state index in [9.17, 15) is 9.90 Å². The lowest BCUT2D eigenvalue weighted by molar-refractivity contribution is 0.0459. The van der Waals surface area contributed by atoms with E-state index in [1.165, 1.54) is 11.3 Å². The van der Waals surface area contributed by atoms with Gasteiger partial charge < -0.3 is 15.3 Å². The summed E-state index contributed by atoms with van der Waals surface area (Å²) >= 11 is 1.43. The van der Waals surface area contributed by atoms with Crippen molar-refractivity contribution in [2.45, 2.75) is 18.9 Å². The number of thiazole rings is 1. The van der Waals surface area contributed by atoms with E-state index in [4.69, 9.17) is 0 Å². The molecule has 0 bridgehead atoms. The van der Waals surface area contributed by atoms with Crippen molar-refractivity contribution in [3.63, 3.8) is 0 Å². The number of aliphatic hydroxyl groups excluding tert-OH is 1. The second-order valence-electron chi connectivity index (χ2n) is 5.77. The molecule has 2 heterocycles. The standard InChI is InChI=1S/C17H21N3O2S/c1-18-17-19-14(11-23-17)16(22)20-9-7-13(8-10-20)15(21)12-5-3-2-4-6-12/h2-6,11,13,15,21H,7-10H2,1H3,(H,18,19). The molecule has 0 saturated carbocycles. The van der Waals surface area contributed by atoms with Gasteiger partial charge in [0.2, 0.25) is 0 Å². The predicted molar refractivity (Wildman–Crippen MR) is 91.7 cm³/mol. The average Bonchev–Trinajstić information content (AvgIpc) is 3.10. The summed E-state index contributed by atoms with van der Waals surface area (Å²) in [6.07, 6.45) is 1.17. The SMILES string of the molecule is CNc1nc(C(=O)N2CCC(C(O)c3ccccc3)CC2)cs1. The molecule has 0 aliphatic carbocycles. The highest BCUT2D eigenvalue weighted by Gasteiger charge is 2.29. The van der Waals surface area contributed by atoms with Crippen LogP contribution in [0.3, 0.4) is 0 Å². The van der Waals surface area contributed by atoms with E-state index in [0.29, 0.717) is 18.8 Å². The summed E-state index contributed by atoms with van der Waals surface area (Å²) in [7, 11) is 1.80. The summed E-state index contributed by atoms with van der Waals surface area (Å²) in [6, 6.07) is 9.75. The first-order valence-electron chi connectivity index (χ1n) is 7.84. The molecule has 1 fully saturated rings. The number of amides is 1. The summed E-state index contributed by atoms with van der Waals surface area (Å²) in [4.78, 5) is 18.6. The number of aliphatic hydroxyl groups is 1. The molecule has 1 saturated heterocycles. The van der Waals surface area contributed by atoms with Crippen LogP contribution in [0.15, 0.2) is 35.7 Å². The molecule has 1 unspecified atom stereocenters. The molecule has 1 aliphatic rings. The summed E-state index contributed by atoms with van der Waals surface area (Å²) in [6.45, 7) is 1.33. The topological polar surface area (TPSA) is 65.5 Å². The van der Waals surface area contributed by atoms with Crippen molar-refractivity contribution < 1.29 is 9.90 Å². The van der Waals surface area contributed by atoms with Crippen LogP contribution in [0.5, 0.6) is 0 Å². The second-order valence-corrected chi connectivity index (χ2v) is 6.63.